The monoisotopic (exact) mass is 427 g/mol. The maximum atomic E-state index is 14.0. The lowest BCUT2D eigenvalue weighted by Gasteiger charge is -2.38. The molecule has 0 aliphatic heterocycles. The van der Waals surface area contributed by atoms with Crippen LogP contribution in [0.3, 0.4) is 0 Å². The molecular weight excluding hydrogens is 396 g/mol. The summed E-state index contributed by atoms with van der Waals surface area (Å²) in [6.07, 6.45) is 16.3. The molecule has 0 N–H and O–H groups in total. The smallest absolute Gasteiger partial charge is 0.142 e. The van der Waals surface area contributed by atoms with E-state index >= 15 is 0 Å². The summed E-state index contributed by atoms with van der Waals surface area (Å²) < 4.78 is 27.9. The maximum absolute atomic E-state index is 14.0. The second-order valence-electron chi connectivity index (χ2n) is 9.56. The topological polar surface area (TPSA) is 23.8 Å². The molecule has 4 rings (SSSR count). The van der Waals surface area contributed by atoms with Gasteiger partial charge in [-0.1, -0.05) is 37.5 Å². The van der Waals surface area contributed by atoms with E-state index in [2.05, 4.69) is 11.8 Å². The van der Waals surface area contributed by atoms with Gasteiger partial charge in [-0.05, 0) is 98.9 Å². The van der Waals surface area contributed by atoms with Crippen LogP contribution in [0.15, 0.2) is 17.0 Å². The molecule has 0 saturated heterocycles. The zero-order valence-corrected chi connectivity index (χ0v) is 18.5. The Balaban J connectivity index is 1.26. The Hall–Kier alpha value is -1.52. The highest BCUT2D eigenvalue weighted by Gasteiger charge is 2.33. The van der Waals surface area contributed by atoms with Gasteiger partial charge in [0, 0.05) is 11.5 Å². The van der Waals surface area contributed by atoms with Crippen molar-refractivity contribution in [3.05, 3.63) is 29.3 Å². The van der Waals surface area contributed by atoms with Gasteiger partial charge >= 0.3 is 0 Å². The number of halogens is 2. The molecule has 0 radical (unpaired) electrons. The second-order valence-corrected chi connectivity index (χ2v) is 10.4. The van der Waals surface area contributed by atoms with Crippen LogP contribution in [-0.4, -0.2) is 0 Å². The molecule has 3 aliphatic rings. The Morgan fingerprint density at radius 3 is 1.70 bits per heavy atom. The number of rotatable bonds is 3. The van der Waals surface area contributed by atoms with Crippen LogP contribution >= 0.6 is 11.8 Å². The first-order valence-corrected chi connectivity index (χ1v) is 12.5. The van der Waals surface area contributed by atoms with Gasteiger partial charge in [0.25, 0.3) is 0 Å². The van der Waals surface area contributed by atoms with Crippen LogP contribution in [-0.2, 0) is 0 Å². The van der Waals surface area contributed by atoms with Gasteiger partial charge in [-0.15, -0.1) is 0 Å². The summed E-state index contributed by atoms with van der Waals surface area (Å²) >= 11 is 0.511. The van der Waals surface area contributed by atoms with Crippen molar-refractivity contribution in [3.63, 3.8) is 0 Å². The quantitative estimate of drug-likeness (QED) is 0.280. The van der Waals surface area contributed by atoms with Crippen LogP contribution < -0.4 is 0 Å². The Kier molecular flexibility index (Phi) is 7.37. The molecule has 0 amide bonds. The zero-order valence-electron chi connectivity index (χ0n) is 17.6. The van der Waals surface area contributed by atoms with E-state index < -0.39 is 11.6 Å². The minimum absolute atomic E-state index is 0.244. The average molecular weight is 428 g/mol. The Morgan fingerprint density at radius 1 is 0.733 bits per heavy atom. The number of hydrogen-bond donors (Lipinski definition) is 0. The van der Waals surface area contributed by atoms with E-state index in [-0.39, 0.29) is 4.90 Å². The highest BCUT2D eigenvalue weighted by Crippen LogP contribution is 2.45. The van der Waals surface area contributed by atoms with Gasteiger partial charge in [0.05, 0.1) is 4.90 Å². The molecule has 3 aliphatic carbocycles. The lowest BCUT2D eigenvalue weighted by molar-refractivity contribution is 0.133. The molecule has 1 nitrogen and oxygen atoms in total. The molecule has 0 spiro atoms. The van der Waals surface area contributed by atoms with Crippen LogP contribution in [0.4, 0.5) is 8.78 Å². The first-order chi connectivity index (χ1) is 14.6. The van der Waals surface area contributed by atoms with E-state index in [1.807, 2.05) is 0 Å². The molecule has 1 aromatic rings. The third-order valence-corrected chi connectivity index (χ3v) is 8.57. The molecule has 0 atom stereocenters. The fraction of sp³-hybridized carbons (Fsp3) is 0.654. The van der Waals surface area contributed by atoms with Crippen molar-refractivity contribution in [1.29, 1.82) is 5.26 Å². The standard InChI is InChI=1S/C26H31F2NS/c27-24-15-19(16-25(28)26(24)30-17-29)6-5-18-7-9-21(10-8-18)23-13-11-22(12-14-23)20-3-1-2-4-20/h15-16,18,20-23H,1-4,7-14H2. The van der Waals surface area contributed by atoms with E-state index in [4.69, 9.17) is 5.26 Å². The molecule has 0 aromatic heterocycles. The highest BCUT2D eigenvalue weighted by molar-refractivity contribution is 8.03. The third kappa shape index (κ3) is 5.20. The van der Waals surface area contributed by atoms with E-state index in [1.54, 1.807) is 5.40 Å². The molecule has 160 valence electrons. The summed E-state index contributed by atoms with van der Waals surface area (Å²) in [6.45, 7) is 0. The van der Waals surface area contributed by atoms with Gasteiger partial charge in [-0.3, -0.25) is 0 Å². The molecule has 3 saturated carbocycles. The van der Waals surface area contributed by atoms with Crippen molar-refractivity contribution < 1.29 is 8.78 Å². The Labute approximate surface area is 184 Å². The van der Waals surface area contributed by atoms with Crippen molar-refractivity contribution >= 4 is 11.8 Å². The van der Waals surface area contributed by atoms with E-state index in [9.17, 15) is 8.78 Å². The second kappa shape index (κ2) is 10.2. The highest BCUT2D eigenvalue weighted by atomic mass is 32.2. The lowest BCUT2D eigenvalue weighted by atomic mass is 9.67. The molecule has 30 heavy (non-hydrogen) atoms. The zero-order chi connectivity index (χ0) is 20.9. The van der Waals surface area contributed by atoms with Gasteiger partial charge in [0.15, 0.2) is 0 Å². The van der Waals surface area contributed by atoms with E-state index in [0.29, 0.717) is 23.2 Å². The van der Waals surface area contributed by atoms with E-state index in [1.165, 1.54) is 76.3 Å². The largest absolute Gasteiger partial charge is 0.206 e. The molecule has 0 heterocycles. The fourth-order valence-corrected chi connectivity index (χ4v) is 6.62. The number of benzene rings is 1. The van der Waals surface area contributed by atoms with Crippen LogP contribution in [0.25, 0.3) is 0 Å². The summed E-state index contributed by atoms with van der Waals surface area (Å²) in [7, 11) is 0. The predicted octanol–water partition coefficient (Wildman–Crippen LogP) is 7.69. The first-order valence-electron chi connectivity index (χ1n) is 11.7. The van der Waals surface area contributed by atoms with Gasteiger partial charge in [0.2, 0.25) is 0 Å². The normalized spacial score (nSPS) is 29.8. The molecule has 0 unspecified atom stereocenters. The fourth-order valence-electron chi connectivity index (χ4n) is 6.21. The van der Waals surface area contributed by atoms with Crippen molar-refractivity contribution in [2.24, 2.45) is 29.6 Å². The summed E-state index contributed by atoms with van der Waals surface area (Å²) in [6, 6.07) is 2.48. The summed E-state index contributed by atoms with van der Waals surface area (Å²) in [5, 5.41) is 10.4. The predicted molar refractivity (Wildman–Crippen MR) is 118 cm³/mol. The number of nitriles is 1. The van der Waals surface area contributed by atoms with Crippen molar-refractivity contribution in [2.45, 2.75) is 81.9 Å². The first kappa shape index (κ1) is 21.7. The summed E-state index contributed by atoms with van der Waals surface area (Å²) in [5.74, 6) is 8.94. The van der Waals surface area contributed by atoms with Crippen molar-refractivity contribution in [3.8, 4) is 17.2 Å². The number of hydrogen-bond acceptors (Lipinski definition) is 2. The van der Waals surface area contributed by atoms with Gasteiger partial charge in [-0.25, -0.2) is 8.78 Å². The van der Waals surface area contributed by atoms with E-state index in [0.717, 1.165) is 36.5 Å². The van der Waals surface area contributed by atoms with Crippen LogP contribution in [0, 0.1) is 63.7 Å². The molecule has 3 fully saturated rings. The van der Waals surface area contributed by atoms with Crippen molar-refractivity contribution in [1.82, 2.24) is 0 Å². The minimum atomic E-state index is -0.706. The average Bonchev–Trinajstić information content (AvgIpc) is 3.30. The SMILES string of the molecule is N#CSc1c(F)cc(C#CC2CCC(C3CCC(C4CCCC4)CC3)CC2)cc1F. The van der Waals surface area contributed by atoms with Crippen LogP contribution in [0.5, 0.6) is 0 Å². The lowest BCUT2D eigenvalue weighted by Crippen LogP contribution is -2.27. The summed E-state index contributed by atoms with van der Waals surface area (Å²) in [5.41, 5.74) is 0.361. The number of thioether (sulfide) groups is 1. The molecule has 0 bridgehead atoms. The van der Waals surface area contributed by atoms with Gasteiger partial charge in [-0.2, -0.15) is 5.26 Å². The molecular formula is C26H31F2NS. The number of thiocyanates is 1. The minimum Gasteiger partial charge on any atom is -0.206 e. The molecule has 4 heteroatoms. The maximum Gasteiger partial charge on any atom is 0.142 e. The third-order valence-electron chi connectivity index (χ3n) is 7.89. The molecule has 1 aromatic carbocycles. The number of nitrogens with zero attached hydrogens (tertiary/aromatic N) is 1. The Morgan fingerprint density at radius 2 is 1.20 bits per heavy atom. The van der Waals surface area contributed by atoms with Crippen LogP contribution in [0.2, 0.25) is 0 Å². The summed E-state index contributed by atoms with van der Waals surface area (Å²) in [4.78, 5) is -0.244. The Bertz CT molecular complexity index is 804. The van der Waals surface area contributed by atoms with Gasteiger partial charge in [0.1, 0.15) is 17.0 Å². The van der Waals surface area contributed by atoms with Gasteiger partial charge < -0.3 is 0 Å². The van der Waals surface area contributed by atoms with Crippen molar-refractivity contribution in [2.75, 3.05) is 0 Å². The van der Waals surface area contributed by atoms with Crippen LogP contribution in [0.1, 0.15) is 82.6 Å².